The van der Waals surface area contributed by atoms with Crippen molar-refractivity contribution in [1.82, 2.24) is 0 Å². The summed E-state index contributed by atoms with van der Waals surface area (Å²) in [6, 6.07) is 21.2. The van der Waals surface area contributed by atoms with Gasteiger partial charge in [-0.05, 0) is 98.5 Å². The van der Waals surface area contributed by atoms with E-state index in [9.17, 15) is 4.79 Å². The van der Waals surface area contributed by atoms with E-state index in [1.54, 1.807) is 12.1 Å². The van der Waals surface area contributed by atoms with E-state index >= 15 is 0 Å². The number of aryl methyl sites for hydroxylation is 1. The molecule has 0 amide bonds. The molecule has 3 aromatic carbocycles. The minimum atomic E-state index is -1.01. The van der Waals surface area contributed by atoms with Gasteiger partial charge in [0.1, 0.15) is 18.1 Å². The number of carboxylic acid groups (broad SMARTS) is 1. The first-order valence-corrected chi connectivity index (χ1v) is 11.7. The minimum Gasteiger partial charge on any atom is -0.489 e. The van der Waals surface area contributed by atoms with Gasteiger partial charge < -0.3 is 14.6 Å². The van der Waals surface area contributed by atoms with Crippen LogP contribution < -0.4 is 9.47 Å². The normalized spacial score (nSPS) is 11.4. The molecule has 0 aromatic heterocycles. The first-order chi connectivity index (χ1) is 16.6. The van der Waals surface area contributed by atoms with Crippen LogP contribution in [-0.2, 0) is 4.79 Å². The molecule has 0 spiro atoms. The van der Waals surface area contributed by atoms with Crippen LogP contribution >= 0.6 is 11.6 Å². The maximum absolute atomic E-state index is 10.7. The number of rotatable bonds is 8. The number of hydrogen-bond donors (Lipinski definition) is 1. The zero-order chi connectivity index (χ0) is 25.4. The van der Waals surface area contributed by atoms with Crippen LogP contribution in [0.4, 0.5) is 0 Å². The van der Waals surface area contributed by atoms with Gasteiger partial charge in [0.25, 0.3) is 0 Å². The van der Waals surface area contributed by atoms with Crippen LogP contribution in [0.5, 0.6) is 11.5 Å². The van der Waals surface area contributed by atoms with Crippen LogP contribution in [-0.4, -0.2) is 24.3 Å². The third kappa shape index (κ3) is 8.24. The summed E-state index contributed by atoms with van der Waals surface area (Å²) in [7, 11) is 0. The topological polar surface area (TPSA) is 55.8 Å². The van der Waals surface area contributed by atoms with E-state index in [1.807, 2.05) is 55.5 Å². The summed E-state index contributed by atoms with van der Waals surface area (Å²) in [5.41, 5.74) is 4.82. The van der Waals surface area contributed by atoms with Crippen LogP contribution in [0.2, 0.25) is 5.02 Å². The van der Waals surface area contributed by atoms with E-state index in [2.05, 4.69) is 44.7 Å². The van der Waals surface area contributed by atoms with E-state index in [1.165, 1.54) is 0 Å². The van der Waals surface area contributed by atoms with E-state index in [4.69, 9.17) is 26.2 Å². The molecule has 5 heteroatoms. The van der Waals surface area contributed by atoms with Crippen LogP contribution in [0.3, 0.4) is 0 Å². The van der Waals surface area contributed by atoms with Crippen molar-refractivity contribution < 1.29 is 19.4 Å². The fourth-order valence-corrected chi connectivity index (χ4v) is 3.38. The second kappa shape index (κ2) is 11.6. The van der Waals surface area contributed by atoms with Crippen molar-refractivity contribution >= 4 is 23.1 Å². The Morgan fingerprint density at radius 1 is 0.971 bits per heavy atom. The predicted octanol–water partition coefficient (Wildman–Crippen LogP) is 7.02. The van der Waals surface area contributed by atoms with Crippen LogP contribution in [0.1, 0.15) is 43.0 Å². The lowest BCUT2D eigenvalue weighted by Crippen LogP contribution is -2.10. The first kappa shape index (κ1) is 25.9. The Bertz CT molecular complexity index is 1250. The molecule has 0 saturated carbocycles. The molecule has 0 aliphatic rings. The minimum absolute atomic E-state index is 0.0523. The van der Waals surface area contributed by atoms with Crippen LogP contribution in [0.15, 0.2) is 72.8 Å². The highest BCUT2D eigenvalue weighted by molar-refractivity contribution is 6.30. The molecule has 0 radical (unpaired) electrons. The molecule has 0 aliphatic carbocycles. The molecule has 3 aromatic rings. The quantitative estimate of drug-likeness (QED) is 0.346. The van der Waals surface area contributed by atoms with Crippen LogP contribution in [0.25, 0.3) is 5.57 Å². The zero-order valence-corrected chi connectivity index (χ0v) is 21.1. The van der Waals surface area contributed by atoms with Gasteiger partial charge in [-0.25, -0.2) is 4.79 Å². The molecular formula is C30H29ClO4. The van der Waals surface area contributed by atoms with Crippen molar-refractivity contribution in [2.45, 2.75) is 27.7 Å². The molecule has 0 heterocycles. The van der Waals surface area contributed by atoms with E-state index in [-0.39, 0.29) is 12.0 Å². The number of aliphatic carboxylic acids is 1. The predicted molar refractivity (Wildman–Crippen MR) is 141 cm³/mol. The Balaban J connectivity index is 1.81. The van der Waals surface area contributed by atoms with Crippen molar-refractivity contribution in [3.63, 3.8) is 0 Å². The molecular weight excluding hydrogens is 460 g/mol. The Morgan fingerprint density at radius 2 is 1.60 bits per heavy atom. The summed E-state index contributed by atoms with van der Waals surface area (Å²) >= 11 is 6.10. The molecule has 0 atom stereocenters. The largest absolute Gasteiger partial charge is 0.489 e. The maximum atomic E-state index is 10.7. The molecule has 35 heavy (non-hydrogen) atoms. The summed E-state index contributed by atoms with van der Waals surface area (Å²) in [5.74, 6) is 6.67. The van der Waals surface area contributed by atoms with Crippen molar-refractivity contribution in [1.29, 1.82) is 0 Å². The van der Waals surface area contributed by atoms with Crippen molar-refractivity contribution in [2.24, 2.45) is 5.41 Å². The Hall–Kier alpha value is -3.68. The molecule has 3 rings (SSSR count). The fourth-order valence-electron chi connectivity index (χ4n) is 3.26. The third-order valence-electron chi connectivity index (χ3n) is 4.97. The number of carbonyl (C=O) groups is 1. The Kier molecular flexibility index (Phi) is 8.63. The average Bonchev–Trinajstić information content (AvgIpc) is 2.81. The van der Waals surface area contributed by atoms with Crippen molar-refractivity contribution in [3.8, 4) is 23.3 Å². The summed E-state index contributed by atoms with van der Waals surface area (Å²) < 4.78 is 11.2. The number of halogens is 1. The highest BCUT2D eigenvalue weighted by Crippen LogP contribution is 2.27. The highest BCUT2D eigenvalue weighted by Gasteiger charge is 2.08. The molecule has 0 unspecified atom stereocenters. The first-order valence-electron chi connectivity index (χ1n) is 11.3. The smallest absolute Gasteiger partial charge is 0.341 e. The molecule has 0 saturated heterocycles. The van der Waals surface area contributed by atoms with Gasteiger partial charge in [-0.15, -0.1) is 0 Å². The highest BCUT2D eigenvalue weighted by atomic mass is 35.5. The zero-order valence-electron chi connectivity index (χ0n) is 20.4. The molecule has 4 nitrogen and oxygen atoms in total. The Labute approximate surface area is 212 Å². The maximum Gasteiger partial charge on any atom is 0.341 e. The third-order valence-corrected chi connectivity index (χ3v) is 5.22. The fraction of sp³-hybridized carbons (Fsp3) is 0.233. The van der Waals surface area contributed by atoms with Gasteiger partial charge in [0.15, 0.2) is 6.61 Å². The Morgan fingerprint density at radius 3 is 2.17 bits per heavy atom. The van der Waals surface area contributed by atoms with Gasteiger partial charge in [0.05, 0.1) is 0 Å². The molecule has 180 valence electrons. The molecule has 0 aliphatic heterocycles. The van der Waals surface area contributed by atoms with E-state index in [0.29, 0.717) is 23.1 Å². The van der Waals surface area contributed by atoms with Crippen LogP contribution in [0, 0.1) is 24.2 Å². The molecule has 0 fully saturated rings. The summed E-state index contributed by atoms with van der Waals surface area (Å²) in [4.78, 5) is 10.7. The standard InChI is InChI=1S/C30H29ClO4/c1-21-19-26(13-14-28(21)35-20-29(32)33)34-18-16-27(24-9-11-25(31)12-10-24)23-7-5-22(6-8-23)15-17-30(2,3)4/h5-14,16,19H,18,20H2,1-4H3,(H,32,33)/b27-16+. The van der Waals surface area contributed by atoms with Gasteiger partial charge in [0, 0.05) is 16.0 Å². The number of ether oxygens (including phenoxy) is 2. The van der Waals surface area contributed by atoms with E-state index in [0.717, 1.165) is 27.8 Å². The summed E-state index contributed by atoms with van der Waals surface area (Å²) in [5, 5.41) is 9.47. The van der Waals surface area contributed by atoms with Gasteiger partial charge >= 0.3 is 5.97 Å². The van der Waals surface area contributed by atoms with Gasteiger partial charge in [-0.1, -0.05) is 47.7 Å². The molecule has 1 N–H and O–H groups in total. The van der Waals surface area contributed by atoms with Gasteiger partial charge in [0.2, 0.25) is 0 Å². The summed E-state index contributed by atoms with van der Waals surface area (Å²) in [6.07, 6.45) is 2.03. The average molecular weight is 489 g/mol. The second-order valence-electron chi connectivity index (χ2n) is 9.12. The summed E-state index contributed by atoms with van der Waals surface area (Å²) in [6.45, 7) is 8.09. The van der Waals surface area contributed by atoms with Gasteiger partial charge in [-0.3, -0.25) is 0 Å². The van der Waals surface area contributed by atoms with Gasteiger partial charge in [-0.2, -0.15) is 0 Å². The monoisotopic (exact) mass is 488 g/mol. The lowest BCUT2D eigenvalue weighted by molar-refractivity contribution is -0.139. The number of benzene rings is 3. The number of carboxylic acids is 1. The van der Waals surface area contributed by atoms with E-state index < -0.39 is 5.97 Å². The van der Waals surface area contributed by atoms with Crippen molar-refractivity contribution in [2.75, 3.05) is 13.2 Å². The lowest BCUT2D eigenvalue weighted by Gasteiger charge is -2.12. The second-order valence-corrected chi connectivity index (χ2v) is 9.56. The van der Waals surface area contributed by atoms with Crippen molar-refractivity contribution in [3.05, 3.63) is 100 Å². The SMILES string of the molecule is Cc1cc(OC/C=C(/c2ccc(Cl)cc2)c2ccc(C#CC(C)(C)C)cc2)ccc1OCC(=O)O. The lowest BCUT2D eigenvalue weighted by atomic mass is 9.95. The molecule has 0 bridgehead atoms. The number of hydrogen-bond acceptors (Lipinski definition) is 3.